The first-order valence-corrected chi connectivity index (χ1v) is 6.25. The molecule has 0 atom stereocenters. The molecule has 1 aliphatic heterocycles. The Balaban J connectivity index is 2.20. The van der Waals surface area contributed by atoms with Gasteiger partial charge in [0.2, 0.25) is 0 Å². The molecule has 2 N–H and O–H groups in total. The number of anilines is 1. The molecular formula is C12H18N4O2. The summed E-state index contributed by atoms with van der Waals surface area (Å²) in [7, 11) is 0. The summed E-state index contributed by atoms with van der Waals surface area (Å²) < 4.78 is 0. The van der Waals surface area contributed by atoms with Crippen molar-refractivity contribution in [2.45, 2.75) is 25.8 Å². The maximum absolute atomic E-state index is 10.9. The number of hydrogen-bond acceptors (Lipinski definition) is 5. The molecule has 0 amide bonds. The third kappa shape index (κ3) is 2.76. The molecule has 2 rings (SSSR count). The van der Waals surface area contributed by atoms with E-state index in [9.17, 15) is 4.79 Å². The fourth-order valence-electron chi connectivity index (χ4n) is 2.32. The number of hydrogen-bond donors (Lipinski definition) is 2. The smallest absolute Gasteiger partial charge is 0.356 e. The van der Waals surface area contributed by atoms with Crippen LogP contribution < -0.4 is 10.2 Å². The lowest BCUT2D eigenvalue weighted by Crippen LogP contribution is -2.43. The van der Waals surface area contributed by atoms with Crippen molar-refractivity contribution in [3.05, 3.63) is 18.1 Å². The molecule has 0 spiro atoms. The molecule has 1 aliphatic rings. The summed E-state index contributed by atoms with van der Waals surface area (Å²) in [5.74, 6) is -0.380. The normalized spacial score (nSPS) is 16.5. The number of nitrogens with one attached hydrogen (secondary N) is 1. The minimum Gasteiger partial charge on any atom is -0.476 e. The van der Waals surface area contributed by atoms with Gasteiger partial charge in [0.25, 0.3) is 0 Å². The Bertz CT molecular complexity index is 418. The topological polar surface area (TPSA) is 78.4 Å². The van der Waals surface area contributed by atoms with Crippen LogP contribution in [0.15, 0.2) is 12.4 Å². The van der Waals surface area contributed by atoms with Gasteiger partial charge in [0.05, 0.1) is 12.4 Å². The van der Waals surface area contributed by atoms with Gasteiger partial charge in [-0.25, -0.2) is 9.78 Å². The van der Waals surface area contributed by atoms with Crippen molar-refractivity contribution in [1.82, 2.24) is 15.3 Å². The predicted molar refractivity (Wildman–Crippen MR) is 67.9 cm³/mol. The molecule has 98 valence electrons. The van der Waals surface area contributed by atoms with Gasteiger partial charge in [-0.05, 0) is 32.9 Å². The van der Waals surface area contributed by atoms with Gasteiger partial charge in [0.15, 0.2) is 5.69 Å². The quantitative estimate of drug-likeness (QED) is 0.821. The molecule has 6 nitrogen and oxygen atoms in total. The van der Waals surface area contributed by atoms with Crippen molar-refractivity contribution in [3.63, 3.8) is 0 Å². The first-order chi connectivity index (χ1) is 8.72. The molecule has 1 fully saturated rings. The molecule has 1 aromatic heterocycles. The van der Waals surface area contributed by atoms with Gasteiger partial charge in [0.1, 0.15) is 5.82 Å². The van der Waals surface area contributed by atoms with Crippen molar-refractivity contribution in [1.29, 1.82) is 0 Å². The molecule has 2 heterocycles. The lowest BCUT2D eigenvalue weighted by molar-refractivity contribution is 0.0690. The molecule has 0 saturated carbocycles. The SMILES string of the molecule is CCN(c1cncc(C(=O)O)n1)C1CCNCC1. The Hall–Kier alpha value is -1.69. The van der Waals surface area contributed by atoms with Crippen LogP contribution in [0.4, 0.5) is 5.82 Å². The lowest BCUT2D eigenvalue weighted by Gasteiger charge is -2.34. The van der Waals surface area contributed by atoms with Gasteiger partial charge in [-0.3, -0.25) is 4.98 Å². The zero-order valence-electron chi connectivity index (χ0n) is 10.5. The van der Waals surface area contributed by atoms with E-state index in [0.29, 0.717) is 11.9 Å². The van der Waals surface area contributed by atoms with E-state index in [1.54, 1.807) is 6.20 Å². The minimum atomic E-state index is -1.04. The van der Waals surface area contributed by atoms with E-state index in [1.165, 1.54) is 6.20 Å². The molecule has 0 radical (unpaired) electrons. The van der Waals surface area contributed by atoms with E-state index in [-0.39, 0.29) is 5.69 Å². The minimum absolute atomic E-state index is 0.000107. The van der Waals surface area contributed by atoms with Crippen LogP contribution in [0.25, 0.3) is 0 Å². The van der Waals surface area contributed by atoms with Gasteiger partial charge in [0, 0.05) is 12.6 Å². The number of aromatic carboxylic acids is 1. The predicted octanol–water partition coefficient (Wildman–Crippen LogP) is 0.753. The van der Waals surface area contributed by atoms with E-state index in [2.05, 4.69) is 27.1 Å². The number of carbonyl (C=O) groups is 1. The molecule has 0 aliphatic carbocycles. The number of carboxylic acids is 1. The average Bonchev–Trinajstić information content (AvgIpc) is 2.41. The van der Waals surface area contributed by atoms with E-state index < -0.39 is 5.97 Å². The van der Waals surface area contributed by atoms with Crippen LogP contribution in [0, 0.1) is 0 Å². The third-order valence-corrected chi connectivity index (χ3v) is 3.23. The van der Waals surface area contributed by atoms with Gasteiger partial charge < -0.3 is 15.3 Å². The van der Waals surface area contributed by atoms with Crippen LogP contribution in [-0.4, -0.2) is 46.7 Å². The summed E-state index contributed by atoms with van der Waals surface area (Å²) >= 11 is 0. The highest BCUT2D eigenvalue weighted by Crippen LogP contribution is 2.18. The van der Waals surface area contributed by atoms with E-state index in [1.807, 2.05) is 0 Å². The fraction of sp³-hybridized carbons (Fsp3) is 0.583. The standard InChI is InChI=1S/C12H18N4O2/c1-2-16(9-3-5-13-6-4-9)11-8-14-7-10(15-11)12(17)18/h7-9,13H,2-6H2,1H3,(H,17,18). The maximum Gasteiger partial charge on any atom is 0.356 e. The number of rotatable bonds is 4. The average molecular weight is 250 g/mol. The van der Waals surface area contributed by atoms with Crippen LogP contribution >= 0.6 is 0 Å². The van der Waals surface area contributed by atoms with Crippen molar-refractivity contribution in [2.24, 2.45) is 0 Å². The molecule has 1 aromatic rings. The molecule has 0 unspecified atom stereocenters. The summed E-state index contributed by atoms with van der Waals surface area (Å²) in [4.78, 5) is 21.2. The molecule has 6 heteroatoms. The van der Waals surface area contributed by atoms with E-state index in [4.69, 9.17) is 5.11 Å². The lowest BCUT2D eigenvalue weighted by atomic mass is 10.1. The zero-order chi connectivity index (χ0) is 13.0. The van der Waals surface area contributed by atoms with Crippen molar-refractivity contribution < 1.29 is 9.90 Å². The Morgan fingerprint density at radius 3 is 2.83 bits per heavy atom. The number of piperidine rings is 1. The van der Waals surface area contributed by atoms with Crippen LogP contribution in [0.3, 0.4) is 0 Å². The number of nitrogens with zero attached hydrogens (tertiary/aromatic N) is 3. The molecule has 0 aromatic carbocycles. The Labute approximate surface area is 106 Å². The first-order valence-electron chi connectivity index (χ1n) is 6.25. The Morgan fingerprint density at radius 2 is 2.22 bits per heavy atom. The van der Waals surface area contributed by atoms with Gasteiger partial charge in [-0.2, -0.15) is 0 Å². The van der Waals surface area contributed by atoms with Crippen LogP contribution in [0.2, 0.25) is 0 Å². The van der Waals surface area contributed by atoms with Gasteiger partial charge >= 0.3 is 5.97 Å². The van der Waals surface area contributed by atoms with Gasteiger partial charge in [-0.15, -0.1) is 0 Å². The molecular weight excluding hydrogens is 232 g/mol. The van der Waals surface area contributed by atoms with Crippen molar-refractivity contribution >= 4 is 11.8 Å². The highest BCUT2D eigenvalue weighted by atomic mass is 16.4. The third-order valence-electron chi connectivity index (χ3n) is 3.23. The number of aromatic nitrogens is 2. The maximum atomic E-state index is 10.9. The van der Waals surface area contributed by atoms with Crippen molar-refractivity contribution in [2.75, 3.05) is 24.5 Å². The summed E-state index contributed by atoms with van der Waals surface area (Å²) in [6, 6.07) is 0.412. The summed E-state index contributed by atoms with van der Waals surface area (Å²) in [6.07, 6.45) is 5.01. The molecule has 18 heavy (non-hydrogen) atoms. The summed E-state index contributed by atoms with van der Waals surface area (Å²) in [5.41, 5.74) is -0.000107. The highest BCUT2D eigenvalue weighted by molar-refractivity contribution is 5.85. The van der Waals surface area contributed by atoms with Crippen molar-refractivity contribution in [3.8, 4) is 0 Å². The number of carboxylic acid groups (broad SMARTS) is 1. The van der Waals surface area contributed by atoms with E-state index in [0.717, 1.165) is 32.5 Å². The van der Waals surface area contributed by atoms with Crippen LogP contribution in [0.1, 0.15) is 30.3 Å². The van der Waals surface area contributed by atoms with Gasteiger partial charge in [-0.1, -0.05) is 0 Å². The second-order valence-corrected chi connectivity index (χ2v) is 4.33. The largest absolute Gasteiger partial charge is 0.476 e. The van der Waals surface area contributed by atoms with Crippen LogP contribution in [-0.2, 0) is 0 Å². The Kier molecular flexibility index (Phi) is 4.09. The summed E-state index contributed by atoms with van der Waals surface area (Å²) in [6.45, 7) is 4.85. The molecule has 0 bridgehead atoms. The molecule has 1 saturated heterocycles. The first kappa shape index (κ1) is 12.8. The second kappa shape index (κ2) is 5.77. The fourth-order valence-corrected chi connectivity index (χ4v) is 2.32. The van der Waals surface area contributed by atoms with Crippen LogP contribution in [0.5, 0.6) is 0 Å². The highest BCUT2D eigenvalue weighted by Gasteiger charge is 2.21. The Morgan fingerprint density at radius 1 is 1.50 bits per heavy atom. The zero-order valence-corrected chi connectivity index (χ0v) is 10.5. The summed E-state index contributed by atoms with van der Waals surface area (Å²) in [5, 5.41) is 12.3. The van der Waals surface area contributed by atoms with E-state index >= 15 is 0 Å². The second-order valence-electron chi connectivity index (χ2n) is 4.33. The monoisotopic (exact) mass is 250 g/mol.